The molecule has 0 unspecified atom stereocenters. The molecule has 1 aromatic carbocycles. The number of nitrogens with one attached hydrogen (secondary N) is 1. The van der Waals surface area contributed by atoms with Gasteiger partial charge in [0.25, 0.3) is 0 Å². The molecule has 0 amide bonds. The second-order valence-electron chi connectivity index (χ2n) is 4.54. The van der Waals surface area contributed by atoms with Gasteiger partial charge in [0.05, 0.1) is 11.5 Å². The van der Waals surface area contributed by atoms with Crippen molar-refractivity contribution in [3.8, 4) is 0 Å². The molecule has 1 aliphatic heterocycles. The topological polar surface area (TPSA) is 46.2 Å². The molecule has 3 nitrogen and oxygen atoms in total. The molecule has 0 bridgehead atoms. The van der Waals surface area contributed by atoms with Crippen molar-refractivity contribution in [1.82, 2.24) is 5.32 Å². The van der Waals surface area contributed by atoms with E-state index in [-0.39, 0.29) is 23.2 Å². The lowest BCUT2D eigenvalue weighted by atomic mass is 10.2. The second kappa shape index (κ2) is 5.14. The molecule has 0 aromatic heterocycles. The zero-order valence-corrected chi connectivity index (χ0v) is 10.3. The summed E-state index contributed by atoms with van der Waals surface area (Å²) in [6.07, 6.45) is 0.919. The Balaban J connectivity index is 1.98. The minimum absolute atomic E-state index is 0.00375. The molecule has 0 radical (unpaired) electrons. The maximum atomic E-state index is 12.7. The predicted molar refractivity (Wildman–Crippen MR) is 64.9 cm³/mol. The van der Waals surface area contributed by atoms with Crippen molar-refractivity contribution in [1.29, 1.82) is 0 Å². The van der Waals surface area contributed by atoms with E-state index in [1.54, 1.807) is 0 Å². The molecule has 1 aliphatic rings. The van der Waals surface area contributed by atoms with E-state index in [0.29, 0.717) is 5.56 Å². The lowest BCUT2D eigenvalue weighted by Crippen LogP contribution is -2.20. The number of benzene rings is 1. The van der Waals surface area contributed by atoms with Crippen LogP contribution in [-0.2, 0) is 15.6 Å². The molecule has 0 saturated carbocycles. The molecule has 0 spiro atoms. The van der Waals surface area contributed by atoms with Crippen molar-refractivity contribution in [2.45, 2.75) is 12.2 Å². The first-order valence-electron chi connectivity index (χ1n) is 5.71. The van der Waals surface area contributed by atoms with E-state index < -0.39 is 9.84 Å². The second-order valence-corrected chi connectivity index (χ2v) is 6.65. The Morgan fingerprint density at radius 2 is 2.00 bits per heavy atom. The van der Waals surface area contributed by atoms with Gasteiger partial charge in [0.1, 0.15) is 5.82 Å². The van der Waals surface area contributed by atoms with Crippen LogP contribution in [0.25, 0.3) is 0 Å². The van der Waals surface area contributed by atoms with Crippen LogP contribution in [0.15, 0.2) is 24.3 Å². The first kappa shape index (κ1) is 12.5. The first-order valence-corrected chi connectivity index (χ1v) is 7.53. The molecule has 1 heterocycles. The lowest BCUT2D eigenvalue weighted by Gasteiger charge is -2.09. The van der Waals surface area contributed by atoms with Crippen molar-refractivity contribution in [2.75, 3.05) is 18.8 Å². The quantitative estimate of drug-likeness (QED) is 0.885. The van der Waals surface area contributed by atoms with Crippen LogP contribution in [0.5, 0.6) is 0 Å². The molecule has 2 rings (SSSR count). The highest BCUT2D eigenvalue weighted by molar-refractivity contribution is 7.90. The molecular weight excluding hydrogens is 241 g/mol. The minimum atomic E-state index is -3.09. The van der Waals surface area contributed by atoms with Gasteiger partial charge in [-0.2, -0.15) is 0 Å². The summed E-state index contributed by atoms with van der Waals surface area (Å²) in [4.78, 5) is 0. The van der Waals surface area contributed by atoms with E-state index in [1.807, 2.05) is 0 Å². The van der Waals surface area contributed by atoms with Crippen molar-refractivity contribution < 1.29 is 12.8 Å². The van der Waals surface area contributed by atoms with Crippen LogP contribution in [0.1, 0.15) is 12.0 Å². The van der Waals surface area contributed by atoms with Gasteiger partial charge in [-0.3, -0.25) is 0 Å². The largest absolute Gasteiger partial charge is 0.316 e. The van der Waals surface area contributed by atoms with Gasteiger partial charge in [0.2, 0.25) is 0 Å². The number of sulfone groups is 1. The van der Waals surface area contributed by atoms with Gasteiger partial charge < -0.3 is 5.32 Å². The predicted octanol–water partition coefficient (Wildman–Crippen LogP) is 1.35. The molecule has 1 N–H and O–H groups in total. The zero-order chi connectivity index (χ0) is 12.3. The van der Waals surface area contributed by atoms with E-state index in [0.717, 1.165) is 19.5 Å². The molecule has 1 fully saturated rings. The summed E-state index contributed by atoms with van der Waals surface area (Å²) in [6, 6.07) is 5.64. The van der Waals surface area contributed by atoms with E-state index in [4.69, 9.17) is 0 Å². The lowest BCUT2D eigenvalue weighted by molar-refractivity contribution is 0.569. The summed E-state index contributed by atoms with van der Waals surface area (Å²) in [5.41, 5.74) is 0.650. The molecule has 94 valence electrons. The Hall–Kier alpha value is -0.940. The van der Waals surface area contributed by atoms with Crippen LogP contribution in [0.4, 0.5) is 4.39 Å². The number of hydrogen-bond donors (Lipinski definition) is 1. The number of rotatable bonds is 4. The van der Waals surface area contributed by atoms with Crippen molar-refractivity contribution in [3.63, 3.8) is 0 Å². The molecule has 1 atom stereocenters. The minimum Gasteiger partial charge on any atom is -0.316 e. The maximum Gasteiger partial charge on any atom is 0.154 e. The Labute approximate surface area is 101 Å². The summed E-state index contributed by atoms with van der Waals surface area (Å²) in [5.74, 6) is 0.104. The Kier molecular flexibility index (Phi) is 3.79. The van der Waals surface area contributed by atoms with Gasteiger partial charge >= 0.3 is 0 Å². The first-order chi connectivity index (χ1) is 8.05. The van der Waals surface area contributed by atoms with Crippen LogP contribution in [-0.4, -0.2) is 27.3 Å². The van der Waals surface area contributed by atoms with E-state index in [9.17, 15) is 12.8 Å². The van der Waals surface area contributed by atoms with E-state index in [2.05, 4.69) is 5.32 Å². The smallest absolute Gasteiger partial charge is 0.154 e. The number of hydrogen-bond acceptors (Lipinski definition) is 3. The third-order valence-electron chi connectivity index (χ3n) is 2.95. The Bertz CT molecular complexity index is 464. The zero-order valence-electron chi connectivity index (χ0n) is 9.52. The summed E-state index contributed by atoms with van der Waals surface area (Å²) in [7, 11) is -3.09. The van der Waals surface area contributed by atoms with Gasteiger partial charge in [-0.1, -0.05) is 12.1 Å². The third kappa shape index (κ3) is 3.78. The maximum absolute atomic E-state index is 12.7. The highest BCUT2D eigenvalue weighted by Gasteiger charge is 2.22. The highest BCUT2D eigenvalue weighted by atomic mass is 32.2. The van der Waals surface area contributed by atoms with Crippen molar-refractivity contribution in [3.05, 3.63) is 35.6 Å². The van der Waals surface area contributed by atoms with Gasteiger partial charge in [0, 0.05) is 0 Å². The molecule has 5 heteroatoms. The monoisotopic (exact) mass is 257 g/mol. The van der Waals surface area contributed by atoms with Gasteiger partial charge in [-0.25, -0.2) is 12.8 Å². The van der Waals surface area contributed by atoms with Crippen molar-refractivity contribution in [2.24, 2.45) is 5.92 Å². The fourth-order valence-corrected chi connectivity index (χ4v) is 3.93. The average Bonchev–Trinajstić information content (AvgIpc) is 2.73. The third-order valence-corrected chi connectivity index (χ3v) is 4.70. The summed E-state index contributed by atoms with van der Waals surface area (Å²) >= 11 is 0. The van der Waals surface area contributed by atoms with Crippen LogP contribution in [0.3, 0.4) is 0 Å². The molecule has 1 aromatic rings. The Morgan fingerprint density at radius 3 is 2.59 bits per heavy atom. The van der Waals surface area contributed by atoms with Gasteiger partial charge in [-0.15, -0.1) is 0 Å². The van der Waals surface area contributed by atoms with Crippen molar-refractivity contribution >= 4 is 9.84 Å². The highest BCUT2D eigenvalue weighted by Crippen LogP contribution is 2.15. The van der Waals surface area contributed by atoms with Crippen LogP contribution in [0, 0.1) is 11.7 Å². The van der Waals surface area contributed by atoms with E-state index >= 15 is 0 Å². The average molecular weight is 257 g/mol. The Morgan fingerprint density at radius 1 is 1.29 bits per heavy atom. The molecule has 0 aliphatic carbocycles. The number of halogens is 1. The van der Waals surface area contributed by atoms with Crippen LogP contribution < -0.4 is 5.32 Å². The standard InChI is InChI=1S/C12H16FNO2S/c13-12-3-1-10(2-4-12)8-17(15,16)9-11-5-6-14-7-11/h1-4,11,14H,5-9H2/t11-/m1/s1. The summed E-state index contributed by atoms with van der Waals surface area (Å²) in [6.45, 7) is 1.68. The van der Waals surface area contributed by atoms with Crippen LogP contribution >= 0.6 is 0 Å². The molecule has 17 heavy (non-hydrogen) atoms. The summed E-state index contributed by atoms with van der Waals surface area (Å²) < 4.78 is 36.5. The van der Waals surface area contributed by atoms with Crippen LogP contribution in [0.2, 0.25) is 0 Å². The van der Waals surface area contributed by atoms with Gasteiger partial charge in [-0.05, 0) is 43.1 Å². The van der Waals surface area contributed by atoms with E-state index in [1.165, 1.54) is 24.3 Å². The molecular formula is C12H16FNO2S. The SMILES string of the molecule is O=S(=O)(Cc1ccc(F)cc1)C[C@@H]1CCNC1. The summed E-state index contributed by atoms with van der Waals surface area (Å²) in [5, 5.41) is 3.15. The fraction of sp³-hybridized carbons (Fsp3) is 0.500. The fourth-order valence-electron chi connectivity index (χ4n) is 2.11. The normalized spacial score (nSPS) is 20.6. The molecule has 1 saturated heterocycles. The van der Waals surface area contributed by atoms with Gasteiger partial charge in [0.15, 0.2) is 9.84 Å².